The molecule has 164 valence electrons. The van der Waals surface area contributed by atoms with E-state index in [1.165, 1.54) is 0 Å². The first-order valence-electron chi connectivity index (χ1n) is 9.86. The molecule has 4 rings (SSSR count). The average Bonchev–Trinajstić information content (AvgIpc) is 3.27. The van der Waals surface area contributed by atoms with Crippen molar-refractivity contribution in [3.8, 4) is 0 Å². The lowest BCUT2D eigenvalue weighted by Crippen LogP contribution is -2.49. The van der Waals surface area contributed by atoms with Crippen LogP contribution in [-0.4, -0.2) is 67.9 Å². The first-order valence-corrected chi connectivity index (χ1v) is 12.3. The molecule has 0 spiro atoms. The molecule has 2 N–H and O–H groups in total. The van der Waals surface area contributed by atoms with E-state index in [0.717, 1.165) is 12.8 Å². The van der Waals surface area contributed by atoms with Crippen LogP contribution >= 0.6 is 23.2 Å². The van der Waals surface area contributed by atoms with Crippen molar-refractivity contribution in [2.75, 3.05) is 24.2 Å². The maximum absolute atomic E-state index is 12.1. The van der Waals surface area contributed by atoms with Gasteiger partial charge < -0.3 is 10.3 Å². The van der Waals surface area contributed by atoms with Crippen molar-refractivity contribution in [3.63, 3.8) is 0 Å². The van der Waals surface area contributed by atoms with Crippen LogP contribution in [-0.2, 0) is 16.6 Å². The number of hydrogen-bond donors (Lipinski definition) is 2. The molecule has 30 heavy (non-hydrogen) atoms. The molecule has 2 aliphatic rings. The largest absolute Gasteiger partial charge is 0.324 e. The van der Waals surface area contributed by atoms with E-state index in [1.54, 1.807) is 22.1 Å². The molecule has 1 atom stereocenters. The monoisotopic (exact) mass is 474 g/mol. The Hall–Kier alpha value is -1.66. The third-order valence-corrected chi connectivity index (χ3v) is 7.88. The Morgan fingerprint density at radius 3 is 2.70 bits per heavy atom. The zero-order valence-corrected chi connectivity index (χ0v) is 19.0. The molecular formula is C17H24Cl2N8O2S. The fourth-order valence-corrected chi connectivity index (χ4v) is 5.25. The highest BCUT2D eigenvalue weighted by Crippen LogP contribution is 2.26. The number of hydrazine groups is 1. The Balaban J connectivity index is 1.46. The van der Waals surface area contributed by atoms with Crippen LogP contribution in [0.25, 0.3) is 11.0 Å². The van der Waals surface area contributed by atoms with E-state index < -0.39 is 15.5 Å². The van der Waals surface area contributed by atoms with Crippen molar-refractivity contribution in [2.24, 2.45) is 0 Å². The lowest BCUT2D eigenvalue weighted by molar-refractivity contribution is 0.151. The third kappa shape index (κ3) is 4.09. The van der Waals surface area contributed by atoms with Gasteiger partial charge >= 0.3 is 0 Å². The first kappa shape index (κ1) is 21.6. The van der Waals surface area contributed by atoms with Crippen molar-refractivity contribution in [2.45, 2.75) is 44.8 Å². The molecule has 1 fully saturated rings. The molecule has 1 saturated heterocycles. The van der Waals surface area contributed by atoms with Crippen LogP contribution in [0.1, 0.15) is 26.7 Å². The van der Waals surface area contributed by atoms with Crippen LogP contribution in [0.4, 0.5) is 5.95 Å². The number of fused-ring (bicyclic) bond motifs is 1. The van der Waals surface area contributed by atoms with Crippen molar-refractivity contribution in [3.05, 3.63) is 23.2 Å². The third-order valence-electron chi connectivity index (χ3n) is 5.39. The smallest absolute Gasteiger partial charge is 0.229 e. The normalized spacial score (nSPS) is 21.4. The molecule has 0 aliphatic carbocycles. The minimum atomic E-state index is -3.14. The lowest BCUT2D eigenvalue weighted by atomic mass is 10.1. The average molecular weight is 475 g/mol. The maximum atomic E-state index is 12.1. The Bertz CT molecular complexity index is 1070. The number of nitrogens with one attached hydrogen (secondary N) is 2. The van der Waals surface area contributed by atoms with Crippen LogP contribution in [0.15, 0.2) is 18.1 Å². The van der Waals surface area contributed by atoms with Gasteiger partial charge in [-0.25, -0.2) is 27.8 Å². The van der Waals surface area contributed by atoms with Crippen molar-refractivity contribution >= 4 is 50.2 Å². The molecule has 0 saturated carbocycles. The van der Waals surface area contributed by atoms with Gasteiger partial charge in [-0.3, -0.25) is 0 Å². The predicted molar refractivity (Wildman–Crippen MR) is 116 cm³/mol. The molecule has 0 amide bonds. The van der Waals surface area contributed by atoms with Gasteiger partial charge in [0.2, 0.25) is 16.0 Å². The van der Waals surface area contributed by atoms with Crippen molar-refractivity contribution < 1.29 is 8.42 Å². The van der Waals surface area contributed by atoms with E-state index in [0.29, 0.717) is 47.5 Å². The Morgan fingerprint density at radius 1 is 1.30 bits per heavy atom. The van der Waals surface area contributed by atoms with Crippen LogP contribution < -0.4 is 10.7 Å². The lowest BCUT2D eigenvalue weighted by Gasteiger charge is -2.35. The SMILES string of the molecule is CCn1nc(Cl)c2cnc(NC3=CN(C4CCN(S(=O)(=O)CC)CC4)NC3Cl)nc21. The van der Waals surface area contributed by atoms with E-state index in [4.69, 9.17) is 23.2 Å². The number of piperidine rings is 1. The molecule has 2 aromatic rings. The highest BCUT2D eigenvalue weighted by molar-refractivity contribution is 7.89. The second-order valence-corrected chi connectivity index (χ2v) is 10.2. The van der Waals surface area contributed by atoms with Gasteiger partial charge in [0.25, 0.3) is 0 Å². The number of sulfonamides is 1. The van der Waals surface area contributed by atoms with Crippen LogP contribution in [0.3, 0.4) is 0 Å². The standard InChI is InChI=1S/C17H24Cl2N8O2S/c1-3-26-16-12(14(18)23-26)9-20-17(22-16)21-13-10-27(24-15(13)19)11-5-7-25(8-6-11)30(28,29)4-2/h9-11,15,24H,3-8H2,1-2H3,(H,20,21,22). The van der Waals surface area contributed by atoms with E-state index in [2.05, 4.69) is 25.8 Å². The van der Waals surface area contributed by atoms with Crippen molar-refractivity contribution in [1.82, 2.24) is 34.5 Å². The van der Waals surface area contributed by atoms with Gasteiger partial charge in [-0.05, 0) is 26.7 Å². The summed E-state index contributed by atoms with van der Waals surface area (Å²) in [5.74, 6) is 0.530. The summed E-state index contributed by atoms with van der Waals surface area (Å²) in [6.07, 6.45) is 4.97. The molecular weight excluding hydrogens is 451 g/mol. The summed E-state index contributed by atoms with van der Waals surface area (Å²) >= 11 is 12.6. The quantitative estimate of drug-likeness (QED) is 0.482. The van der Waals surface area contributed by atoms with E-state index in [9.17, 15) is 8.42 Å². The minimum absolute atomic E-state index is 0.129. The Kier molecular flexibility index (Phi) is 6.08. The number of nitrogens with zero attached hydrogens (tertiary/aromatic N) is 6. The maximum Gasteiger partial charge on any atom is 0.229 e. The topological polar surface area (TPSA) is 108 Å². The predicted octanol–water partition coefficient (Wildman–Crippen LogP) is 1.95. The van der Waals surface area contributed by atoms with Crippen LogP contribution in [0, 0.1) is 0 Å². The summed E-state index contributed by atoms with van der Waals surface area (Å²) in [6.45, 7) is 5.28. The fraction of sp³-hybridized carbons (Fsp3) is 0.588. The highest BCUT2D eigenvalue weighted by atomic mass is 35.5. The molecule has 2 aliphatic heterocycles. The van der Waals surface area contributed by atoms with Gasteiger partial charge in [0.05, 0.1) is 16.8 Å². The molecule has 0 bridgehead atoms. The molecule has 4 heterocycles. The Morgan fingerprint density at radius 2 is 2.03 bits per heavy atom. The number of hydrogen-bond acceptors (Lipinski definition) is 8. The van der Waals surface area contributed by atoms with Crippen molar-refractivity contribution in [1.29, 1.82) is 0 Å². The van der Waals surface area contributed by atoms with E-state index >= 15 is 0 Å². The molecule has 2 aromatic heterocycles. The number of alkyl halides is 1. The summed E-state index contributed by atoms with van der Waals surface area (Å²) in [7, 11) is -3.14. The highest BCUT2D eigenvalue weighted by Gasteiger charge is 2.33. The van der Waals surface area contributed by atoms with Gasteiger partial charge in [-0.2, -0.15) is 10.1 Å². The number of anilines is 1. The molecule has 0 aromatic carbocycles. The molecule has 1 unspecified atom stereocenters. The second-order valence-electron chi connectivity index (χ2n) is 7.18. The minimum Gasteiger partial charge on any atom is -0.324 e. The summed E-state index contributed by atoms with van der Waals surface area (Å²) in [5, 5.41) is 10.4. The fourth-order valence-electron chi connectivity index (χ4n) is 3.67. The second kappa shape index (κ2) is 8.46. The molecule has 13 heteroatoms. The molecule has 10 nitrogen and oxygen atoms in total. The number of halogens is 2. The van der Waals surface area contributed by atoms with Gasteiger partial charge in [-0.1, -0.05) is 23.2 Å². The summed E-state index contributed by atoms with van der Waals surface area (Å²) in [4.78, 5) is 8.84. The van der Waals surface area contributed by atoms with Crippen LogP contribution in [0.5, 0.6) is 0 Å². The summed E-state index contributed by atoms with van der Waals surface area (Å²) in [6, 6.07) is 0.151. The Labute approximate surface area is 185 Å². The van der Waals surface area contributed by atoms with E-state index in [1.807, 2.05) is 18.1 Å². The number of rotatable bonds is 6. The van der Waals surface area contributed by atoms with Gasteiger partial charge in [0.15, 0.2) is 10.8 Å². The first-order chi connectivity index (χ1) is 14.3. The molecule has 0 radical (unpaired) electrons. The van der Waals surface area contributed by atoms with E-state index in [-0.39, 0.29) is 11.8 Å². The number of aryl methyl sites for hydroxylation is 1. The van der Waals surface area contributed by atoms with Gasteiger partial charge in [-0.15, -0.1) is 0 Å². The van der Waals surface area contributed by atoms with Crippen LogP contribution in [0.2, 0.25) is 5.15 Å². The number of aromatic nitrogens is 4. The summed E-state index contributed by atoms with van der Waals surface area (Å²) < 4.78 is 27.4. The zero-order valence-electron chi connectivity index (χ0n) is 16.7. The van der Waals surface area contributed by atoms with Gasteiger partial charge in [0.1, 0.15) is 5.50 Å². The zero-order chi connectivity index (χ0) is 21.5. The summed E-state index contributed by atoms with van der Waals surface area (Å²) in [5.41, 5.74) is 4.10. The van der Waals surface area contributed by atoms with Gasteiger partial charge in [0, 0.05) is 38.1 Å².